The summed E-state index contributed by atoms with van der Waals surface area (Å²) >= 11 is 1.40. The van der Waals surface area contributed by atoms with Crippen LogP contribution in [-0.2, 0) is 21.4 Å². The molecule has 1 fully saturated rings. The molecule has 1 aliphatic heterocycles. The van der Waals surface area contributed by atoms with Gasteiger partial charge in [-0.05, 0) is 55.7 Å². The molecule has 3 aromatic carbocycles. The topological polar surface area (TPSA) is 79.8 Å². The lowest BCUT2D eigenvalue weighted by atomic mass is 9.96. The van der Waals surface area contributed by atoms with Gasteiger partial charge in [0.05, 0.1) is 22.7 Å². The maximum atomic E-state index is 13.9. The predicted molar refractivity (Wildman–Crippen MR) is 146 cm³/mol. The maximum absolute atomic E-state index is 13.9. The minimum absolute atomic E-state index is 0.0885. The average molecular weight is 572 g/mol. The van der Waals surface area contributed by atoms with Gasteiger partial charge in [-0.3, -0.25) is 9.69 Å². The molecule has 204 valence electrons. The molecule has 5 rings (SSSR count). The minimum Gasteiger partial charge on any atom is -0.492 e. The Kier molecular flexibility index (Phi) is 7.92. The summed E-state index contributed by atoms with van der Waals surface area (Å²) in [6, 6.07) is 17.8. The Morgan fingerprint density at radius 2 is 1.79 bits per heavy atom. The summed E-state index contributed by atoms with van der Waals surface area (Å²) in [5.41, 5.74) is 1.63. The van der Waals surface area contributed by atoms with Crippen LogP contribution in [0.15, 0.2) is 71.6 Å². The molecule has 39 heavy (non-hydrogen) atoms. The third kappa shape index (κ3) is 5.66. The van der Waals surface area contributed by atoms with Gasteiger partial charge >= 0.3 is 0 Å². The number of carbonyl (C=O) groups is 1. The summed E-state index contributed by atoms with van der Waals surface area (Å²) in [5.74, 6) is -2.24. The van der Waals surface area contributed by atoms with Gasteiger partial charge in [-0.15, -0.1) is 0 Å². The second-order valence-corrected chi connectivity index (χ2v) is 12.1. The third-order valence-electron chi connectivity index (χ3n) is 6.68. The highest BCUT2D eigenvalue weighted by atomic mass is 32.2. The first-order chi connectivity index (χ1) is 18.8. The van der Waals surface area contributed by atoms with E-state index in [1.807, 2.05) is 55.5 Å². The number of sulfonamides is 1. The van der Waals surface area contributed by atoms with Gasteiger partial charge in [-0.2, -0.15) is 4.31 Å². The molecule has 2 heterocycles. The smallest absolute Gasteiger partial charge is 0.243 e. The first-order valence-electron chi connectivity index (χ1n) is 12.6. The number of piperidine rings is 1. The Bertz CT molecular complexity index is 1590. The number of hydrogen-bond acceptors (Lipinski definition) is 6. The van der Waals surface area contributed by atoms with Crippen LogP contribution in [0.25, 0.3) is 10.2 Å². The van der Waals surface area contributed by atoms with Crippen LogP contribution in [0.2, 0.25) is 0 Å². The number of carbonyl (C=O) groups excluding carboxylic acids is 1. The van der Waals surface area contributed by atoms with Crippen LogP contribution in [-0.4, -0.2) is 43.3 Å². The van der Waals surface area contributed by atoms with E-state index in [1.54, 1.807) is 4.90 Å². The monoisotopic (exact) mass is 571 g/mol. The Hall–Kier alpha value is -3.41. The molecule has 0 atom stereocenters. The molecule has 0 unspecified atom stereocenters. The lowest BCUT2D eigenvalue weighted by molar-refractivity contribution is -0.123. The summed E-state index contributed by atoms with van der Waals surface area (Å²) in [4.78, 5) is 20.0. The zero-order chi connectivity index (χ0) is 27.6. The molecule has 4 aromatic rings. The first-order valence-corrected chi connectivity index (χ1v) is 14.9. The van der Waals surface area contributed by atoms with Crippen LogP contribution < -0.4 is 9.64 Å². The van der Waals surface area contributed by atoms with Crippen LogP contribution in [0.5, 0.6) is 5.75 Å². The van der Waals surface area contributed by atoms with E-state index in [0.717, 1.165) is 22.4 Å². The SMILES string of the molecule is CCOc1cccc2sc(N(Cc3ccccc3)C(=O)C3CCN(S(=O)(=O)c4ccc(F)c(F)c4)CC3)nc12. The van der Waals surface area contributed by atoms with Gasteiger partial charge in [-0.25, -0.2) is 22.2 Å². The van der Waals surface area contributed by atoms with E-state index in [1.165, 1.54) is 15.6 Å². The fourth-order valence-corrected chi connectivity index (χ4v) is 7.12. The Balaban J connectivity index is 1.38. The van der Waals surface area contributed by atoms with Crippen molar-refractivity contribution in [3.63, 3.8) is 0 Å². The number of halogens is 2. The van der Waals surface area contributed by atoms with Crippen molar-refractivity contribution < 1.29 is 26.7 Å². The van der Waals surface area contributed by atoms with Crippen molar-refractivity contribution in [3.05, 3.63) is 83.9 Å². The quantitative estimate of drug-likeness (QED) is 0.275. The fraction of sp³-hybridized carbons (Fsp3) is 0.286. The molecular weight excluding hydrogens is 544 g/mol. The number of anilines is 1. The summed E-state index contributed by atoms with van der Waals surface area (Å²) in [7, 11) is -4.02. The number of aromatic nitrogens is 1. The van der Waals surface area contributed by atoms with Crippen LogP contribution in [0, 0.1) is 17.6 Å². The van der Waals surface area contributed by atoms with Crippen molar-refractivity contribution in [1.82, 2.24) is 9.29 Å². The maximum Gasteiger partial charge on any atom is 0.243 e. The van der Waals surface area contributed by atoms with Gasteiger partial charge in [0.15, 0.2) is 16.8 Å². The standard InChI is InChI=1S/C28H27F2N3O4S2/c1-2-37-24-9-6-10-25-26(24)31-28(38-25)33(18-19-7-4-3-5-8-19)27(34)20-13-15-32(16-14-20)39(35,36)21-11-12-22(29)23(30)17-21/h3-12,17,20H,2,13-16,18H2,1H3. The molecule has 0 saturated carbocycles. The number of thiazole rings is 1. The molecule has 1 aliphatic rings. The van der Waals surface area contributed by atoms with Crippen LogP contribution in [0.1, 0.15) is 25.3 Å². The molecule has 0 N–H and O–H groups in total. The highest BCUT2D eigenvalue weighted by Crippen LogP contribution is 2.36. The predicted octanol–water partition coefficient (Wildman–Crippen LogP) is 5.61. The van der Waals surface area contributed by atoms with Crippen molar-refractivity contribution >= 4 is 42.6 Å². The zero-order valence-electron chi connectivity index (χ0n) is 21.2. The molecule has 0 spiro atoms. The number of fused-ring (bicyclic) bond motifs is 1. The van der Waals surface area contributed by atoms with Crippen LogP contribution in [0.3, 0.4) is 0 Å². The summed E-state index contributed by atoms with van der Waals surface area (Å²) in [6.07, 6.45) is 0.588. The van der Waals surface area contributed by atoms with Gasteiger partial charge in [0.1, 0.15) is 11.3 Å². The van der Waals surface area contributed by atoms with Gasteiger partial charge in [-0.1, -0.05) is 47.7 Å². The molecule has 7 nitrogen and oxygen atoms in total. The normalized spacial score (nSPS) is 14.9. The lowest BCUT2D eigenvalue weighted by Crippen LogP contribution is -2.44. The lowest BCUT2D eigenvalue weighted by Gasteiger charge is -2.33. The van der Waals surface area contributed by atoms with E-state index < -0.39 is 27.6 Å². The van der Waals surface area contributed by atoms with Gasteiger partial charge < -0.3 is 4.74 Å². The van der Waals surface area contributed by atoms with E-state index in [4.69, 9.17) is 9.72 Å². The molecular formula is C28H27F2N3O4S2. The van der Waals surface area contributed by atoms with Crippen molar-refractivity contribution in [1.29, 1.82) is 0 Å². The number of hydrogen-bond donors (Lipinski definition) is 0. The zero-order valence-corrected chi connectivity index (χ0v) is 22.9. The molecule has 0 bridgehead atoms. The molecule has 0 aliphatic carbocycles. The van der Waals surface area contributed by atoms with E-state index in [0.29, 0.717) is 48.5 Å². The highest BCUT2D eigenvalue weighted by Gasteiger charge is 2.35. The van der Waals surface area contributed by atoms with Gasteiger partial charge in [0, 0.05) is 19.0 Å². The Morgan fingerprint density at radius 1 is 1.05 bits per heavy atom. The van der Waals surface area contributed by atoms with Crippen molar-refractivity contribution in [2.24, 2.45) is 5.92 Å². The molecule has 1 amide bonds. The average Bonchev–Trinajstić information content (AvgIpc) is 3.39. The number of rotatable bonds is 8. The Morgan fingerprint density at radius 3 is 2.49 bits per heavy atom. The summed E-state index contributed by atoms with van der Waals surface area (Å²) < 4.78 is 60.9. The minimum atomic E-state index is -4.02. The number of nitrogens with zero attached hydrogens (tertiary/aromatic N) is 3. The van der Waals surface area contributed by atoms with Gasteiger partial charge in [0.2, 0.25) is 15.9 Å². The van der Waals surface area contributed by atoms with Crippen molar-refractivity contribution in [3.8, 4) is 5.75 Å². The molecule has 0 radical (unpaired) electrons. The summed E-state index contributed by atoms with van der Waals surface area (Å²) in [5, 5.41) is 0.544. The second-order valence-electron chi connectivity index (χ2n) is 9.20. The molecule has 1 aromatic heterocycles. The van der Waals surface area contributed by atoms with Crippen molar-refractivity contribution in [2.45, 2.75) is 31.2 Å². The van der Waals surface area contributed by atoms with E-state index in [9.17, 15) is 22.0 Å². The second kappa shape index (κ2) is 11.4. The summed E-state index contributed by atoms with van der Waals surface area (Å²) in [6.45, 7) is 2.88. The van der Waals surface area contributed by atoms with Gasteiger partial charge in [0.25, 0.3) is 0 Å². The Labute approximate surface area is 229 Å². The van der Waals surface area contributed by atoms with Crippen LogP contribution >= 0.6 is 11.3 Å². The number of benzene rings is 3. The largest absolute Gasteiger partial charge is 0.492 e. The van der Waals surface area contributed by atoms with E-state index >= 15 is 0 Å². The van der Waals surface area contributed by atoms with Crippen LogP contribution in [0.4, 0.5) is 13.9 Å². The van der Waals surface area contributed by atoms with E-state index in [-0.39, 0.29) is 23.9 Å². The van der Waals surface area contributed by atoms with E-state index in [2.05, 4.69) is 0 Å². The fourth-order valence-electron chi connectivity index (χ4n) is 4.65. The van der Waals surface area contributed by atoms with Crippen molar-refractivity contribution in [2.75, 3.05) is 24.6 Å². The molecule has 1 saturated heterocycles. The number of amides is 1. The molecule has 11 heteroatoms. The highest BCUT2D eigenvalue weighted by molar-refractivity contribution is 7.89. The first kappa shape index (κ1) is 27.2. The number of ether oxygens (including phenoxy) is 1. The number of para-hydroxylation sites is 1. The third-order valence-corrected chi connectivity index (χ3v) is 9.62.